The summed E-state index contributed by atoms with van der Waals surface area (Å²) in [6, 6.07) is -0.854. The Morgan fingerprint density at radius 2 is 0.760 bits per heavy atom. The molecule has 0 amide bonds. The fourth-order valence-electron chi connectivity index (χ4n) is 8.82. The number of esters is 4. The van der Waals surface area contributed by atoms with E-state index in [1.807, 2.05) is 0 Å². The van der Waals surface area contributed by atoms with Gasteiger partial charge in [-0.3, -0.25) is 19.2 Å². The van der Waals surface area contributed by atoms with Gasteiger partial charge in [-0.1, -0.05) is 51.4 Å². The van der Waals surface area contributed by atoms with Crippen LogP contribution in [-0.2, 0) is 38.1 Å². The summed E-state index contributed by atoms with van der Waals surface area (Å²) < 4.78 is 23.2. The van der Waals surface area contributed by atoms with Gasteiger partial charge >= 0.3 is 23.9 Å². The van der Waals surface area contributed by atoms with Gasteiger partial charge in [-0.05, 0) is 115 Å². The Morgan fingerprint density at radius 3 is 1.10 bits per heavy atom. The highest BCUT2D eigenvalue weighted by Gasteiger charge is 2.33. The van der Waals surface area contributed by atoms with Crippen LogP contribution < -0.4 is 10.6 Å². The molecule has 0 aromatic carbocycles. The number of rotatable bonds is 16. The summed E-state index contributed by atoms with van der Waals surface area (Å²) >= 11 is 0. The lowest BCUT2D eigenvalue weighted by molar-refractivity contribution is -0.159. The van der Waals surface area contributed by atoms with Gasteiger partial charge in [-0.2, -0.15) is 0 Å². The zero-order valence-corrected chi connectivity index (χ0v) is 30.7. The van der Waals surface area contributed by atoms with E-state index in [4.69, 9.17) is 18.9 Å². The van der Waals surface area contributed by atoms with E-state index in [1.165, 1.54) is 25.7 Å². The second-order valence-corrected chi connectivity index (χ2v) is 16.2. The third-order valence-electron chi connectivity index (χ3n) is 12.0. The fraction of sp³-hybridized carbons (Fsp3) is 0.900. The number of hydrogen-bond donors (Lipinski definition) is 2. The Kier molecular flexibility index (Phi) is 16.7. The van der Waals surface area contributed by atoms with Crippen LogP contribution in [0, 0.1) is 11.8 Å². The maximum absolute atomic E-state index is 13.2. The topological polar surface area (TPSA) is 129 Å². The summed E-state index contributed by atoms with van der Waals surface area (Å²) in [6.45, 7) is 0.688. The lowest BCUT2D eigenvalue weighted by atomic mass is 9.83. The molecule has 5 fully saturated rings. The maximum Gasteiger partial charge on any atom is 0.324 e. The Morgan fingerprint density at radius 1 is 0.440 bits per heavy atom. The third-order valence-corrected chi connectivity index (χ3v) is 12.0. The molecule has 5 aliphatic rings. The van der Waals surface area contributed by atoms with Crippen molar-refractivity contribution >= 4 is 23.9 Å². The summed E-state index contributed by atoms with van der Waals surface area (Å²) in [5.74, 6) is -0.827. The van der Waals surface area contributed by atoms with Gasteiger partial charge in [0, 0.05) is 12.1 Å². The average molecular weight is 703 g/mol. The summed E-state index contributed by atoms with van der Waals surface area (Å²) in [6.07, 6.45) is 24.9. The van der Waals surface area contributed by atoms with Crippen LogP contribution in [0.5, 0.6) is 0 Å². The lowest BCUT2D eigenvalue weighted by Gasteiger charge is -2.30. The largest absolute Gasteiger partial charge is 0.465 e. The Labute approximate surface area is 300 Å². The van der Waals surface area contributed by atoms with E-state index in [9.17, 15) is 19.2 Å². The van der Waals surface area contributed by atoms with E-state index in [0.29, 0.717) is 13.2 Å². The minimum Gasteiger partial charge on any atom is -0.465 e. The average Bonchev–Trinajstić information content (AvgIpc) is 3.14. The van der Waals surface area contributed by atoms with Gasteiger partial charge in [0.15, 0.2) is 0 Å². The number of nitrogens with one attached hydrogen (secondary N) is 2. The normalized spacial score (nSPS) is 26.0. The van der Waals surface area contributed by atoms with Gasteiger partial charge in [-0.15, -0.1) is 0 Å². The van der Waals surface area contributed by atoms with Crippen molar-refractivity contribution < 1.29 is 38.1 Å². The van der Waals surface area contributed by atoms with Crippen molar-refractivity contribution in [3.63, 3.8) is 0 Å². The van der Waals surface area contributed by atoms with Gasteiger partial charge in [0.25, 0.3) is 0 Å². The zero-order chi connectivity index (χ0) is 35.0. The van der Waals surface area contributed by atoms with E-state index in [0.717, 1.165) is 128 Å². The molecule has 0 radical (unpaired) electrons. The molecule has 2 atom stereocenters. The van der Waals surface area contributed by atoms with Crippen LogP contribution in [0.4, 0.5) is 0 Å². The molecular weight excluding hydrogens is 636 g/mol. The van der Waals surface area contributed by atoms with Crippen molar-refractivity contribution in [2.24, 2.45) is 11.8 Å². The van der Waals surface area contributed by atoms with Crippen LogP contribution in [0.1, 0.15) is 167 Å². The summed E-state index contributed by atoms with van der Waals surface area (Å²) in [5, 5.41) is 6.91. The van der Waals surface area contributed by atoms with Crippen molar-refractivity contribution in [2.75, 3.05) is 13.2 Å². The Balaban J connectivity index is 1.01. The molecule has 284 valence electrons. The van der Waals surface area contributed by atoms with E-state index < -0.39 is 12.1 Å². The zero-order valence-electron chi connectivity index (χ0n) is 30.7. The highest BCUT2D eigenvalue weighted by molar-refractivity contribution is 5.83. The quantitative estimate of drug-likeness (QED) is 0.128. The van der Waals surface area contributed by atoms with Crippen molar-refractivity contribution in [1.82, 2.24) is 10.6 Å². The molecule has 10 nitrogen and oxygen atoms in total. The smallest absolute Gasteiger partial charge is 0.324 e. The summed E-state index contributed by atoms with van der Waals surface area (Å²) in [5.41, 5.74) is 0. The van der Waals surface area contributed by atoms with Crippen LogP contribution in [0.3, 0.4) is 0 Å². The highest BCUT2D eigenvalue weighted by Crippen LogP contribution is 2.30. The standard InChI is InChI=1S/C40H66N2O8/c43-37(25-35(41-31-13-5-1-6-14-31)39(45)49-33-17-9-3-10-18-33)47-27-29-21-23-30(24-22-29)28-48-38(44)26-36(42-32-15-7-2-8-16-32)40(46)50-34-19-11-4-12-20-34/h29-36,41-42H,1-28H2. The van der Waals surface area contributed by atoms with Gasteiger partial charge in [0.2, 0.25) is 0 Å². The molecule has 0 spiro atoms. The van der Waals surface area contributed by atoms with Crippen LogP contribution in [-0.4, -0.2) is 73.5 Å². The molecular formula is C40H66N2O8. The SMILES string of the molecule is O=C(CC(NC1CCCCC1)C(=O)OC1CCCCC1)OCC1CCC(COC(=O)CC(NC2CCCCC2)C(=O)OC2CCCCC2)CC1. The van der Waals surface area contributed by atoms with Crippen molar-refractivity contribution in [1.29, 1.82) is 0 Å². The molecule has 0 aromatic rings. The molecule has 5 rings (SSSR count). The van der Waals surface area contributed by atoms with Gasteiger partial charge in [0.05, 0.1) is 26.1 Å². The Hall–Kier alpha value is -2.20. The fourth-order valence-corrected chi connectivity index (χ4v) is 8.82. The summed E-state index contributed by atoms with van der Waals surface area (Å²) in [4.78, 5) is 52.3. The van der Waals surface area contributed by atoms with E-state index >= 15 is 0 Å². The minimum atomic E-state index is -0.662. The van der Waals surface area contributed by atoms with E-state index in [-0.39, 0.29) is 72.8 Å². The molecule has 0 bridgehead atoms. The van der Waals surface area contributed by atoms with Crippen LogP contribution in [0.15, 0.2) is 0 Å². The first-order valence-electron chi connectivity index (χ1n) is 20.7. The number of hydrogen-bond acceptors (Lipinski definition) is 10. The second-order valence-electron chi connectivity index (χ2n) is 16.2. The second kappa shape index (κ2) is 21.4. The molecule has 0 aromatic heterocycles. The minimum absolute atomic E-state index is 0.00184. The molecule has 50 heavy (non-hydrogen) atoms. The van der Waals surface area contributed by atoms with Gasteiger partial charge in [0.1, 0.15) is 24.3 Å². The lowest BCUT2D eigenvalue weighted by Crippen LogP contribution is -2.47. The molecule has 2 unspecified atom stereocenters. The van der Waals surface area contributed by atoms with E-state index in [1.54, 1.807) is 0 Å². The predicted octanol–water partition coefficient (Wildman–Crippen LogP) is 6.99. The van der Waals surface area contributed by atoms with E-state index in [2.05, 4.69) is 10.6 Å². The van der Waals surface area contributed by atoms with Gasteiger partial charge < -0.3 is 29.6 Å². The number of ether oxygens (including phenoxy) is 4. The molecule has 5 saturated carbocycles. The first-order valence-corrected chi connectivity index (χ1v) is 20.7. The first-order chi connectivity index (χ1) is 24.4. The molecule has 5 aliphatic carbocycles. The van der Waals surface area contributed by atoms with Crippen molar-refractivity contribution in [3.05, 3.63) is 0 Å². The van der Waals surface area contributed by atoms with Crippen LogP contribution >= 0.6 is 0 Å². The third kappa shape index (κ3) is 13.7. The molecule has 2 N–H and O–H groups in total. The van der Waals surface area contributed by atoms with Crippen LogP contribution in [0.25, 0.3) is 0 Å². The van der Waals surface area contributed by atoms with Crippen LogP contribution in [0.2, 0.25) is 0 Å². The van der Waals surface area contributed by atoms with Crippen molar-refractivity contribution in [3.8, 4) is 0 Å². The first kappa shape index (κ1) is 39.0. The Bertz CT molecular complexity index is 956. The molecule has 10 heteroatoms. The number of carbonyl (C=O) groups is 4. The molecule has 0 heterocycles. The monoisotopic (exact) mass is 702 g/mol. The maximum atomic E-state index is 13.2. The predicted molar refractivity (Wildman–Crippen MR) is 190 cm³/mol. The molecule has 0 aliphatic heterocycles. The highest BCUT2D eigenvalue weighted by atomic mass is 16.6. The van der Waals surface area contributed by atoms with Crippen molar-refractivity contribution in [2.45, 2.75) is 203 Å². The van der Waals surface area contributed by atoms with Gasteiger partial charge in [-0.25, -0.2) is 0 Å². The molecule has 0 saturated heterocycles. The number of carbonyl (C=O) groups excluding carboxylic acids is 4. The summed E-state index contributed by atoms with van der Waals surface area (Å²) in [7, 11) is 0.